The lowest BCUT2D eigenvalue weighted by atomic mass is 10.2. The van der Waals surface area contributed by atoms with E-state index in [1.54, 1.807) is 6.07 Å². The molecule has 23 heavy (non-hydrogen) atoms. The zero-order chi connectivity index (χ0) is 16.6. The second-order valence-corrected chi connectivity index (χ2v) is 5.12. The Labute approximate surface area is 133 Å². The van der Waals surface area contributed by atoms with Gasteiger partial charge in [-0.25, -0.2) is 4.39 Å². The summed E-state index contributed by atoms with van der Waals surface area (Å²) in [5, 5.41) is 11.8. The molecule has 0 radical (unpaired) electrons. The van der Waals surface area contributed by atoms with Gasteiger partial charge in [0, 0.05) is 12.1 Å². The number of hydrogen-bond donors (Lipinski definition) is 2. The average molecular weight is 334 g/mol. The predicted molar refractivity (Wildman–Crippen MR) is 83.5 cm³/mol. The molecule has 0 unspecified atom stereocenters. The van der Waals surface area contributed by atoms with Crippen molar-refractivity contribution in [1.29, 1.82) is 0 Å². The fourth-order valence-electron chi connectivity index (χ4n) is 2.04. The van der Waals surface area contributed by atoms with Gasteiger partial charge < -0.3 is 14.8 Å². The van der Waals surface area contributed by atoms with Crippen LogP contribution in [0, 0.1) is 5.82 Å². The van der Waals surface area contributed by atoms with E-state index in [-0.39, 0.29) is 33.2 Å². The number of halogens is 2. The van der Waals surface area contributed by atoms with Crippen LogP contribution in [0.4, 0.5) is 10.1 Å². The SMILES string of the molecule is O=C(Nc1ccc(O)cc1F)c1cc(=O)c2cccc(Cl)c2o1. The summed E-state index contributed by atoms with van der Waals surface area (Å²) in [6, 6.07) is 8.89. The van der Waals surface area contributed by atoms with E-state index in [1.165, 1.54) is 24.3 Å². The molecule has 5 nitrogen and oxygen atoms in total. The number of carbonyl (C=O) groups excluding carboxylic acids is 1. The Hall–Kier alpha value is -2.86. The van der Waals surface area contributed by atoms with Crippen LogP contribution in [0.15, 0.2) is 51.7 Å². The molecule has 1 amide bonds. The van der Waals surface area contributed by atoms with Gasteiger partial charge in [0.15, 0.2) is 16.8 Å². The first-order valence-electron chi connectivity index (χ1n) is 6.48. The second kappa shape index (κ2) is 5.73. The van der Waals surface area contributed by atoms with Gasteiger partial charge in [0.05, 0.1) is 16.1 Å². The molecule has 0 spiro atoms. The van der Waals surface area contributed by atoms with Crippen molar-refractivity contribution in [1.82, 2.24) is 0 Å². The Morgan fingerprint density at radius 2 is 2.00 bits per heavy atom. The Balaban J connectivity index is 2.01. The number of para-hydroxylation sites is 1. The lowest BCUT2D eigenvalue weighted by Crippen LogP contribution is -2.15. The quantitative estimate of drug-likeness (QED) is 0.703. The van der Waals surface area contributed by atoms with Crippen molar-refractivity contribution < 1.29 is 18.7 Å². The summed E-state index contributed by atoms with van der Waals surface area (Å²) in [5.74, 6) is -2.21. The number of fused-ring (bicyclic) bond motifs is 1. The third-order valence-corrected chi connectivity index (χ3v) is 3.43. The van der Waals surface area contributed by atoms with Crippen LogP contribution in [-0.2, 0) is 0 Å². The van der Waals surface area contributed by atoms with Crippen LogP contribution in [0.1, 0.15) is 10.6 Å². The maximum atomic E-state index is 13.6. The van der Waals surface area contributed by atoms with Gasteiger partial charge in [0.25, 0.3) is 5.91 Å². The molecule has 0 saturated heterocycles. The first kappa shape index (κ1) is 15.1. The van der Waals surface area contributed by atoms with E-state index >= 15 is 0 Å². The standard InChI is InChI=1S/C16H9ClFNO4/c17-10-3-1-2-9-13(21)7-14(23-15(9)10)16(22)19-12-5-4-8(20)6-11(12)18/h1-7,20H,(H,19,22). The fourth-order valence-corrected chi connectivity index (χ4v) is 2.26. The zero-order valence-corrected chi connectivity index (χ0v) is 12.2. The topological polar surface area (TPSA) is 79.5 Å². The maximum absolute atomic E-state index is 13.6. The Kier molecular flexibility index (Phi) is 3.75. The minimum atomic E-state index is -0.820. The van der Waals surface area contributed by atoms with Crippen LogP contribution in [0.5, 0.6) is 5.75 Å². The fraction of sp³-hybridized carbons (Fsp3) is 0. The van der Waals surface area contributed by atoms with E-state index in [9.17, 15) is 14.0 Å². The van der Waals surface area contributed by atoms with E-state index in [1.807, 2.05) is 0 Å². The van der Waals surface area contributed by atoms with E-state index in [2.05, 4.69) is 5.32 Å². The molecule has 0 aliphatic heterocycles. The minimum absolute atomic E-state index is 0.0815. The highest BCUT2D eigenvalue weighted by atomic mass is 35.5. The first-order valence-corrected chi connectivity index (χ1v) is 6.86. The van der Waals surface area contributed by atoms with Gasteiger partial charge in [-0.1, -0.05) is 17.7 Å². The number of benzene rings is 2. The van der Waals surface area contributed by atoms with E-state index < -0.39 is 17.2 Å². The number of aromatic hydroxyl groups is 1. The Bertz CT molecular complexity index is 983. The summed E-state index contributed by atoms with van der Waals surface area (Å²) in [4.78, 5) is 24.2. The summed E-state index contributed by atoms with van der Waals surface area (Å²) in [6.07, 6.45) is 0. The Morgan fingerprint density at radius 3 is 2.74 bits per heavy atom. The number of anilines is 1. The predicted octanol–water partition coefficient (Wildman–Crippen LogP) is 3.54. The highest BCUT2D eigenvalue weighted by Gasteiger charge is 2.15. The lowest BCUT2D eigenvalue weighted by Gasteiger charge is -2.07. The molecule has 0 aliphatic rings. The molecule has 116 valence electrons. The van der Waals surface area contributed by atoms with Crippen molar-refractivity contribution in [2.75, 3.05) is 5.32 Å². The van der Waals surface area contributed by atoms with Crippen LogP contribution < -0.4 is 10.7 Å². The molecule has 0 bridgehead atoms. The summed E-state index contributed by atoms with van der Waals surface area (Å²) in [5.41, 5.74) is -0.516. The van der Waals surface area contributed by atoms with Crippen molar-refractivity contribution in [2.45, 2.75) is 0 Å². The van der Waals surface area contributed by atoms with Gasteiger partial charge in [-0.05, 0) is 24.3 Å². The van der Waals surface area contributed by atoms with Crippen molar-refractivity contribution in [2.24, 2.45) is 0 Å². The summed E-state index contributed by atoms with van der Waals surface area (Å²) in [6.45, 7) is 0. The van der Waals surface area contributed by atoms with Crippen LogP contribution >= 0.6 is 11.6 Å². The number of phenolic OH excluding ortho intramolecular Hbond substituents is 1. The molecule has 0 saturated carbocycles. The minimum Gasteiger partial charge on any atom is -0.508 e. The van der Waals surface area contributed by atoms with E-state index in [4.69, 9.17) is 21.1 Å². The van der Waals surface area contributed by atoms with E-state index in [0.717, 1.165) is 12.1 Å². The second-order valence-electron chi connectivity index (χ2n) is 4.71. The number of hydrogen-bond acceptors (Lipinski definition) is 4. The summed E-state index contributed by atoms with van der Waals surface area (Å²) in [7, 11) is 0. The molecule has 2 aromatic carbocycles. The molecule has 3 rings (SSSR count). The van der Waals surface area contributed by atoms with Crippen LogP contribution in [-0.4, -0.2) is 11.0 Å². The smallest absolute Gasteiger partial charge is 0.291 e. The molecule has 7 heteroatoms. The number of carbonyl (C=O) groups is 1. The van der Waals surface area contributed by atoms with Crippen molar-refractivity contribution in [3.05, 3.63) is 69.3 Å². The van der Waals surface area contributed by atoms with Crippen molar-refractivity contribution >= 4 is 34.2 Å². The molecule has 3 aromatic rings. The number of rotatable bonds is 2. The van der Waals surface area contributed by atoms with E-state index in [0.29, 0.717) is 0 Å². The summed E-state index contributed by atoms with van der Waals surface area (Å²) >= 11 is 5.96. The number of phenols is 1. The molecular formula is C16H9ClFNO4. The molecular weight excluding hydrogens is 325 g/mol. The monoisotopic (exact) mass is 333 g/mol. The van der Waals surface area contributed by atoms with Crippen LogP contribution in [0.2, 0.25) is 5.02 Å². The van der Waals surface area contributed by atoms with Gasteiger partial charge >= 0.3 is 0 Å². The van der Waals surface area contributed by atoms with Crippen LogP contribution in [0.25, 0.3) is 11.0 Å². The molecule has 0 aliphatic carbocycles. The zero-order valence-electron chi connectivity index (χ0n) is 11.5. The van der Waals surface area contributed by atoms with Gasteiger partial charge in [0.2, 0.25) is 0 Å². The number of amides is 1. The molecule has 0 fully saturated rings. The maximum Gasteiger partial charge on any atom is 0.291 e. The summed E-state index contributed by atoms with van der Waals surface area (Å²) < 4.78 is 19.0. The van der Waals surface area contributed by atoms with Gasteiger partial charge in [-0.15, -0.1) is 0 Å². The average Bonchev–Trinajstić information content (AvgIpc) is 2.51. The lowest BCUT2D eigenvalue weighted by molar-refractivity contribution is 0.0996. The third-order valence-electron chi connectivity index (χ3n) is 3.13. The van der Waals surface area contributed by atoms with Crippen LogP contribution in [0.3, 0.4) is 0 Å². The largest absolute Gasteiger partial charge is 0.508 e. The third kappa shape index (κ3) is 2.89. The Morgan fingerprint density at radius 1 is 1.22 bits per heavy atom. The molecule has 1 heterocycles. The molecule has 0 atom stereocenters. The first-order chi connectivity index (χ1) is 11.0. The molecule has 2 N–H and O–H groups in total. The highest BCUT2D eigenvalue weighted by molar-refractivity contribution is 6.34. The van der Waals surface area contributed by atoms with Crippen molar-refractivity contribution in [3.63, 3.8) is 0 Å². The highest BCUT2D eigenvalue weighted by Crippen LogP contribution is 2.23. The van der Waals surface area contributed by atoms with Gasteiger partial charge in [-0.2, -0.15) is 0 Å². The molecule has 1 aromatic heterocycles. The van der Waals surface area contributed by atoms with Crippen molar-refractivity contribution in [3.8, 4) is 5.75 Å². The normalized spacial score (nSPS) is 10.7. The van der Waals surface area contributed by atoms with Gasteiger partial charge in [-0.3, -0.25) is 9.59 Å². The number of nitrogens with one attached hydrogen (secondary N) is 1. The van der Waals surface area contributed by atoms with Gasteiger partial charge in [0.1, 0.15) is 11.6 Å².